The van der Waals surface area contributed by atoms with Crippen LogP contribution in [0.2, 0.25) is 0 Å². The second kappa shape index (κ2) is 7.50. The van der Waals surface area contributed by atoms with Crippen molar-refractivity contribution in [2.45, 2.75) is 70.6 Å². The summed E-state index contributed by atoms with van der Waals surface area (Å²) in [5.74, 6) is 0.0906. The van der Waals surface area contributed by atoms with E-state index in [0.717, 1.165) is 47.9 Å². The summed E-state index contributed by atoms with van der Waals surface area (Å²) in [7, 11) is 1.85. The number of aromatic nitrogens is 1. The first-order valence-corrected chi connectivity index (χ1v) is 9.89. The number of nitrogens with zero attached hydrogens (tertiary/aromatic N) is 3. The van der Waals surface area contributed by atoms with Crippen molar-refractivity contribution in [2.24, 2.45) is 0 Å². The van der Waals surface area contributed by atoms with E-state index in [4.69, 9.17) is 0 Å². The summed E-state index contributed by atoms with van der Waals surface area (Å²) in [5.41, 5.74) is 0.957. The van der Waals surface area contributed by atoms with E-state index in [9.17, 15) is 9.90 Å². The van der Waals surface area contributed by atoms with Crippen LogP contribution in [0.25, 0.3) is 0 Å². The van der Waals surface area contributed by atoms with Crippen LogP contribution in [0.5, 0.6) is 0 Å². The van der Waals surface area contributed by atoms with Gasteiger partial charge in [-0.05, 0) is 59.0 Å². The SMILES string of the molecule is Cc1nc(C)c(CC(=O)N(C)[C@@H]2CCC[C@@H](N3CCCC3)[C@@H]2O)s1. The lowest BCUT2D eigenvalue weighted by molar-refractivity contribution is -0.136. The minimum Gasteiger partial charge on any atom is -0.389 e. The van der Waals surface area contributed by atoms with E-state index in [2.05, 4.69) is 9.88 Å². The minimum absolute atomic E-state index is 0.0637. The highest BCUT2D eigenvalue weighted by molar-refractivity contribution is 7.11. The third kappa shape index (κ3) is 3.65. The second-order valence-corrected chi connectivity index (χ2v) is 8.51. The van der Waals surface area contributed by atoms with Crippen LogP contribution in [0.1, 0.15) is 47.7 Å². The molecule has 1 N–H and O–H groups in total. The van der Waals surface area contributed by atoms with Gasteiger partial charge in [-0.15, -0.1) is 11.3 Å². The first-order valence-electron chi connectivity index (χ1n) is 9.08. The second-order valence-electron chi connectivity index (χ2n) is 7.22. The molecule has 1 aliphatic carbocycles. The van der Waals surface area contributed by atoms with Crippen LogP contribution in [0.3, 0.4) is 0 Å². The Bertz CT molecular complexity index is 583. The van der Waals surface area contributed by atoms with Crippen LogP contribution < -0.4 is 0 Å². The van der Waals surface area contributed by atoms with Gasteiger partial charge in [0.25, 0.3) is 0 Å². The van der Waals surface area contributed by atoms with E-state index in [1.165, 1.54) is 12.8 Å². The lowest BCUT2D eigenvalue weighted by Gasteiger charge is -2.43. The van der Waals surface area contributed by atoms with E-state index in [1.807, 2.05) is 20.9 Å². The van der Waals surface area contributed by atoms with Gasteiger partial charge in [0.1, 0.15) is 0 Å². The Morgan fingerprint density at radius 1 is 1.29 bits per heavy atom. The highest BCUT2D eigenvalue weighted by Gasteiger charge is 2.39. The maximum Gasteiger partial charge on any atom is 0.227 e. The molecule has 1 amide bonds. The Labute approximate surface area is 148 Å². The third-order valence-electron chi connectivity index (χ3n) is 5.60. The van der Waals surface area contributed by atoms with Gasteiger partial charge in [0.2, 0.25) is 5.91 Å². The smallest absolute Gasteiger partial charge is 0.227 e. The summed E-state index contributed by atoms with van der Waals surface area (Å²) in [6.45, 7) is 6.11. The number of aliphatic hydroxyl groups excluding tert-OH is 1. The van der Waals surface area contributed by atoms with Gasteiger partial charge < -0.3 is 10.0 Å². The molecule has 0 unspecified atom stereocenters. The molecule has 0 spiro atoms. The first kappa shape index (κ1) is 17.8. The average molecular weight is 352 g/mol. The van der Waals surface area contributed by atoms with Crippen LogP contribution in [0, 0.1) is 13.8 Å². The molecule has 1 saturated carbocycles. The van der Waals surface area contributed by atoms with E-state index >= 15 is 0 Å². The van der Waals surface area contributed by atoms with Crippen molar-refractivity contribution < 1.29 is 9.90 Å². The summed E-state index contributed by atoms with van der Waals surface area (Å²) in [4.78, 5) is 22.4. The van der Waals surface area contributed by atoms with E-state index in [1.54, 1.807) is 16.2 Å². The van der Waals surface area contributed by atoms with Crippen molar-refractivity contribution in [3.8, 4) is 0 Å². The molecule has 6 heteroatoms. The topological polar surface area (TPSA) is 56.7 Å². The summed E-state index contributed by atoms with van der Waals surface area (Å²) in [5, 5.41) is 11.9. The van der Waals surface area contributed by atoms with Gasteiger partial charge >= 0.3 is 0 Å². The minimum atomic E-state index is -0.435. The fourth-order valence-corrected chi connectivity index (χ4v) is 5.14. The van der Waals surface area contributed by atoms with Crippen molar-refractivity contribution in [1.29, 1.82) is 0 Å². The molecule has 0 radical (unpaired) electrons. The van der Waals surface area contributed by atoms with Crippen LogP contribution >= 0.6 is 11.3 Å². The van der Waals surface area contributed by atoms with Crippen molar-refractivity contribution in [1.82, 2.24) is 14.8 Å². The molecule has 5 nitrogen and oxygen atoms in total. The van der Waals surface area contributed by atoms with Crippen LogP contribution in [0.15, 0.2) is 0 Å². The number of thiazole rings is 1. The Balaban J connectivity index is 1.65. The van der Waals surface area contributed by atoms with Crippen LogP contribution in [-0.2, 0) is 11.2 Å². The maximum atomic E-state index is 12.7. The molecule has 1 aromatic heterocycles. The predicted molar refractivity (Wildman–Crippen MR) is 96.3 cm³/mol. The van der Waals surface area contributed by atoms with Crippen molar-refractivity contribution >= 4 is 17.2 Å². The Hall–Kier alpha value is -0.980. The summed E-state index contributed by atoms with van der Waals surface area (Å²) in [6.07, 6.45) is 5.45. The molecule has 0 bridgehead atoms. The molecule has 1 saturated heterocycles. The molecule has 3 atom stereocenters. The van der Waals surface area contributed by atoms with E-state index in [-0.39, 0.29) is 18.0 Å². The number of amides is 1. The molecule has 2 fully saturated rings. The highest BCUT2D eigenvalue weighted by atomic mass is 32.1. The van der Waals surface area contributed by atoms with Gasteiger partial charge in [0.15, 0.2) is 0 Å². The summed E-state index contributed by atoms with van der Waals surface area (Å²) < 4.78 is 0. The normalized spacial score (nSPS) is 28.2. The Morgan fingerprint density at radius 2 is 2.00 bits per heavy atom. The zero-order chi connectivity index (χ0) is 17.3. The Morgan fingerprint density at radius 3 is 2.62 bits per heavy atom. The van der Waals surface area contributed by atoms with Crippen molar-refractivity contribution in [3.63, 3.8) is 0 Å². The summed E-state index contributed by atoms with van der Waals surface area (Å²) in [6, 6.07) is 0.153. The van der Waals surface area contributed by atoms with Gasteiger partial charge in [-0.3, -0.25) is 9.69 Å². The van der Waals surface area contributed by atoms with Crippen LogP contribution in [0.4, 0.5) is 0 Å². The van der Waals surface area contributed by atoms with Crippen LogP contribution in [-0.4, -0.2) is 64.1 Å². The van der Waals surface area contributed by atoms with Gasteiger partial charge in [-0.25, -0.2) is 4.98 Å². The molecule has 0 aromatic carbocycles. The van der Waals surface area contributed by atoms with Crippen molar-refractivity contribution in [3.05, 3.63) is 15.6 Å². The Kier molecular flexibility index (Phi) is 5.57. The van der Waals surface area contributed by atoms with E-state index < -0.39 is 6.10 Å². The molecule has 3 rings (SSSR count). The molecular weight excluding hydrogens is 322 g/mol. The predicted octanol–water partition coefficient (Wildman–Crippen LogP) is 2.14. The third-order valence-corrected chi connectivity index (χ3v) is 6.67. The fourth-order valence-electron chi connectivity index (χ4n) is 4.21. The number of hydrogen-bond acceptors (Lipinski definition) is 5. The summed E-state index contributed by atoms with van der Waals surface area (Å²) >= 11 is 1.60. The first-order chi connectivity index (χ1) is 11.5. The standard InChI is InChI=1S/C18H29N3O2S/c1-12-16(24-13(2)19-12)11-17(22)20(3)14-7-6-8-15(18(14)23)21-9-4-5-10-21/h14-15,18,23H,4-11H2,1-3H3/t14-,15-,18-/m1/s1. The average Bonchev–Trinajstić information content (AvgIpc) is 3.17. The quantitative estimate of drug-likeness (QED) is 0.903. The number of carbonyl (C=O) groups is 1. The van der Waals surface area contributed by atoms with E-state index in [0.29, 0.717) is 6.42 Å². The van der Waals surface area contributed by atoms with Gasteiger partial charge in [0, 0.05) is 18.0 Å². The van der Waals surface area contributed by atoms with Gasteiger partial charge in [0.05, 0.1) is 29.3 Å². The molecule has 1 aromatic rings. The number of aryl methyl sites for hydroxylation is 2. The molecule has 2 heterocycles. The molecule has 1 aliphatic heterocycles. The highest BCUT2D eigenvalue weighted by Crippen LogP contribution is 2.29. The van der Waals surface area contributed by atoms with Gasteiger partial charge in [-0.1, -0.05) is 0 Å². The number of hydrogen-bond donors (Lipinski definition) is 1. The molecular formula is C18H29N3O2S. The number of likely N-dealkylation sites (N-methyl/N-ethyl adjacent to an activating group) is 1. The van der Waals surface area contributed by atoms with Crippen molar-refractivity contribution in [2.75, 3.05) is 20.1 Å². The molecule has 2 aliphatic rings. The maximum absolute atomic E-state index is 12.7. The number of likely N-dealkylation sites (tertiary alicyclic amines) is 1. The number of carbonyl (C=O) groups excluding carboxylic acids is 1. The monoisotopic (exact) mass is 351 g/mol. The zero-order valence-electron chi connectivity index (χ0n) is 15.0. The lowest BCUT2D eigenvalue weighted by atomic mass is 9.86. The molecule has 134 valence electrons. The lowest BCUT2D eigenvalue weighted by Crippen LogP contribution is -2.56. The zero-order valence-corrected chi connectivity index (χ0v) is 15.8. The molecule has 24 heavy (non-hydrogen) atoms. The van der Waals surface area contributed by atoms with Gasteiger partial charge in [-0.2, -0.15) is 0 Å². The number of aliphatic hydroxyl groups is 1. The largest absolute Gasteiger partial charge is 0.389 e. The fraction of sp³-hybridized carbons (Fsp3) is 0.778. The number of rotatable bonds is 4.